The lowest BCUT2D eigenvalue weighted by atomic mass is 9.95. The Hall–Kier alpha value is -0.430. The van der Waals surface area contributed by atoms with Gasteiger partial charge in [-0.05, 0) is 28.8 Å². The first kappa shape index (κ1) is 14.0. The smallest absolute Gasteiger partial charge is 0.0766 e. The lowest BCUT2D eigenvalue weighted by Gasteiger charge is -2.21. The van der Waals surface area contributed by atoms with Crippen molar-refractivity contribution in [3.8, 4) is 0 Å². The van der Waals surface area contributed by atoms with Gasteiger partial charge < -0.3 is 4.74 Å². The normalized spacial score (nSPS) is 21.4. The number of rotatable bonds is 5. The first-order valence-electron chi connectivity index (χ1n) is 6.41. The predicted molar refractivity (Wildman–Crippen MR) is 74.0 cm³/mol. The molecule has 0 saturated carbocycles. The minimum absolute atomic E-state index is 0.240. The molecule has 1 aliphatic rings. The maximum Gasteiger partial charge on any atom is 0.0766 e. The molecular weight excluding hydrogens is 296 g/mol. The molecule has 0 aromatic carbocycles. The van der Waals surface area contributed by atoms with E-state index >= 15 is 0 Å². The van der Waals surface area contributed by atoms with Gasteiger partial charge in [-0.15, -0.1) is 0 Å². The van der Waals surface area contributed by atoms with Crippen LogP contribution in [0.5, 0.6) is 0 Å². The Balaban J connectivity index is 2.13. The van der Waals surface area contributed by atoms with E-state index in [4.69, 9.17) is 10.6 Å². The van der Waals surface area contributed by atoms with Gasteiger partial charge in [-0.1, -0.05) is 6.92 Å². The summed E-state index contributed by atoms with van der Waals surface area (Å²) in [7, 11) is 1.98. The minimum atomic E-state index is 0.240. The Kier molecular flexibility index (Phi) is 4.77. The van der Waals surface area contributed by atoms with E-state index in [0.717, 1.165) is 42.6 Å². The molecule has 0 bridgehead atoms. The minimum Gasteiger partial charge on any atom is -0.381 e. The summed E-state index contributed by atoms with van der Waals surface area (Å²) in [6, 6.07) is 0.240. The Morgan fingerprint density at radius 1 is 1.67 bits per heavy atom. The monoisotopic (exact) mass is 316 g/mol. The van der Waals surface area contributed by atoms with Gasteiger partial charge in [-0.25, -0.2) is 0 Å². The number of halogens is 1. The van der Waals surface area contributed by atoms with Crippen molar-refractivity contribution in [2.75, 3.05) is 13.2 Å². The fourth-order valence-electron chi connectivity index (χ4n) is 2.48. The highest BCUT2D eigenvalue weighted by atomic mass is 79.9. The number of nitrogens with two attached hydrogens (primary N) is 1. The van der Waals surface area contributed by atoms with Crippen molar-refractivity contribution in [3.63, 3.8) is 0 Å². The second kappa shape index (κ2) is 6.14. The van der Waals surface area contributed by atoms with Crippen LogP contribution in [0.3, 0.4) is 0 Å². The molecule has 3 N–H and O–H groups in total. The zero-order chi connectivity index (χ0) is 13.1. The van der Waals surface area contributed by atoms with Crippen LogP contribution >= 0.6 is 15.9 Å². The van der Waals surface area contributed by atoms with Crippen molar-refractivity contribution in [1.82, 2.24) is 15.2 Å². The standard InChI is InChI=1S/C12H21BrN4O/c1-3-9-12(13)11(17(2)16-9)6-10(15-14)8-4-5-18-7-8/h8,10,15H,3-7,14H2,1-2H3. The molecule has 0 spiro atoms. The van der Waals surface area contributed by atoms with E-state index < -0.39 is 0 Å². The second-order valence-corrected chi connectivity index (χ2v) is 5.58. The van der Waals surface area contributed by atoms with Crippen LogP contribution in [0.2, 0.25) is 0 Å². The Bertz CT molecular complexity index is 401. The molecule has 0 amide bonds. The topological polar surface area (TPSA) is 65.1 Å². The molecule has 2 atom stereocenters. The van der Waals surface area contributed by atoms with Crippen molar-refractivity contribution in [2.24, 2.45) is 18.8 Å². The number of hydrazine groups is 1. The molecule has 5 nitrogen and oxygen atoms in total. The summed E-state index contributed by atoms with van der Waals surface area (Å²) in [4.78, 5) is 0. The first-order chi connectivity index (χ1) is 8.67. The van der Waals surface area contributed by atoms with Crippen molar-refractivity contribution < 1.29 is 4.74 Å². The highest BCUT2D eigenvalue weighted by Gasteiger charge is 2.27. The van der Waals surface area contributed by atoms with Crippen molar-refractivity contribution in [2.45, 2.75) is 32.2 Å². The van der Waals surface area contributed by atoms with Crippen LogP contribution in [-0.2, 0) is 24.6 Å². The first-order valence-corrected chi connectivity index (χ1v) is 7.20. The number of nitrogens with zero attached hydrogens (tertiary/aromatic N) is 2. The summed E-state index contributed by atoms with van der Waals surface area (Å²) >= 11 is 3.65. The van der Waals surface area contributed by atoms with Crippen LogP contribution in [-0.4, -0.2) is 29.0 Å². The number of hydrogen-bond acceptors (Lipinski definition) is 4. The van der Waals surface area contributed by atoms with Crippen LogP contribution in [0, 0.1) is 5.92 Å². The lowest BCUT2D eigenvalue weighted by Crippen LogP contribution is -2.43. The summed E-state index contributed by atoms with van der Waals surface area (Å²) in [5.41, 5.74) is 5.23. The summed E-state index contributed by atoms with van der Waals surface area (Å²) < 4.78 is 8.50. The van der Waals surface area contributed by atoms with E-state index in [1.54, 1.807) is 0 Å². The Labute approximate surface area is 116 Å². The molecule has 102 valence electrons. The second-order valence-electron chi connectivity index (χ2n) is 4.79. The number of ether oxygens (including phenoxy) is 1. The van der Waals surface area contributed by atoms with E-state index in [-0.39, 0.29) is 6.04 Å². The van der Waals surface area contributed by atoms with Gasteiger partial charge in [-0.2, -0.15) is 5.10 Å². The molecule has 1 saturated heterocycles. The van der Waals surface area contributed by atoms with E-state index in [1.165, 1.54) is 5.69 Å². The molecule has 1 aromatic rings. The van der Waals surface area contributed by atoms with E-state index in [0.29, 0.717) is 5.92 Å². The van der Waals surface area contributed by atoms with Crippen LogP contribution in [0.1, 0.15) is 24.7 Å². The number of nitrogens with one attached hydrogen (secondary N) is 1. The molecule has 2 rings (SSSR count). The van der Waals surface area contributed by atoms with E-state index in [9.17, 15) is 0 Å². The number of hydrogen-bond donors (Lipinski definition) is 2. The van der Waals surface area contributed by atoms with Gasteiger partial charge in [0.25, 0.3) is 0 Å². The number of aromatic nitrogens is 2. The van der Waals surface area contributed by atoms with Gasteiger partial charge >= 0.3 is 0 Å². The summed E-state index contributed by atoms with van der Waals surface area (Å²) in [5.74, 6) is 6.18. The van der Waals surface area contributed by atoms with Crippen molar-refractivity contribution in [1.29, 1.82) is 0 Å². The molecule has 1 aliphatic heterocycles. The third-order valence-corrected chi connectivity index (χ3v) is 4.58. The molecule has 2 heterocycles. The predicted octanol–water partition coefficient (Wildman–Crippen LogP) is 1.16. The SMILES string of the molecule is CCc1nn(C)c(CC(NN)C2CCOC2)c1Br. The quantitative estimate of drug-likeness (QED) is 0.632. The van der Waals surface area contributed by atoms with Crippen molar-refractivity contribution in [3.05, 3.63) is 15.9 Å². The maximum atomic E-state index is 5.69. The van der Waals surface area contributed by atoms with Crippen LogP contribution in [0.25, 0.3) is 0 Å². The molecule has 18 heavy (non-hydrogen) atoms. The average Bonchev–Trinajstić information content (AvgIpc) is 2.97. The molecular formula is C12H21BrN4O. The summed E-state index contributed by atoms with van der Waals surface area (Å²) in [6.45, 7) is 3.75. The van der Waals surface area contributed by atoms with E-state index in [2.05, 4.69) is 33.4 Å². The summed E-state index contributed by atoms with van der Waals surface area (Å²) in [5, 5.41) is 4.51. The average molecular weight is 317 g/mol. The zero-order valence-electron chi connectivity index (χ0n) is 10.9. The third-order valence-electron chi connectivity index (χ3n) is 3.66. The zero-order valence-corrected chi connectivity index (χ0v) is 12.5. The largest absolute Gasteiger partial charge is 0.381 e. The van der Waals surface area contributed by atoms with Gasteiger partial charge in [0, 0.05) is 32.0 Å². The molecule has 1 aromatic heterocycles. The molecule has 0 aliphatic carbocycles. The Morgan fingerprint density at radius 2 is 2.44 bits per heavy atom. The van der Waals surface area contributed by atoms with Crippen LogP contribution < -0.4 is 11.3 Å². The van der Waals surface area contributed by atoms with Gasteiger partial charge in [0.2, 0.25) is 0 Å². The van der Waals surface area contributed by atoms with Crippen molar-refractivity contribution >= 4 is 15.9 Å². The highest BCUT2D eigenvalue weighted by Crippen LogP contribution is 2.26. The maximum absolute atomic E-state index is 5.69. The van der Waals surface area contributed by atoms with Gasteiger partial charge in [0.05, 0.1) is 22.5 Å². The van der Waals surface area contributed by atoms with Crippen LogP contribution in [0.15, 0.2) is 4.47 Å². The summed E-state index contributed by atoms with van der Waals surface area (Å²) in [6.07, 6.45) is 2.88. The van der Waals surface area contributed by atoms with Gasteiger partial charge in [0.15, 0.2) is 0 Å². The molecule has 6 heteroatoms. The van der Waals surface area contributed by atoms with E-state index in [1.807, 2.05) is 11.7 Å². The highest BCUT2D eigenvalue weighted by molar-refractivity contribution is 9.10. The Morgan fingerprint density at radius 3 is 2.94 bits per heavy atom. The molecule has 2 unspecified atom stereocenters. The fraction of sp³-hybridized carbons (Fsp3) is 0.750. The molecule has 1 fully saturated rings. The van der Waals surface area contributed by atoms with Gasteiger partial charge in [-0.3, -0.25) is 16.0 Å². The van der Waals surface area contributed by atoms with Crippen LogP contribution in [0.4, 0.5) is 0 Å². The third kappa shape index (κ3) is 2.77. The lowest BCUT2D eigenvalue weighted by molar-refractivity contribution is 0.176. The fourth-order valence-corrected chi connectivity index (χ4v) is 3.26. The molecule has 0 radical (unpaired) electrons. The number of aryl methyl sites for hydroxylation is 2. The van der Waals surface area contributed by atoms with Gasteiger partial charge in [0.1, 0.15) is 0 Å².